The van der Waals surface area contributed by atoms with E-state index in [-0.39, 0.29) is 0 Å². The third-order valence-corrected chi connectivity index (χ3v) is 2.57. The van der Waals surface area contributed by atoms with E-state index in [0.717, 1.165) is 12.2 Å². The van der Waals surface area contributed by atoms with E-state index in [2.05, 4.69) is 33.1 Å². The Morgan fingerprint density at radius 2 is 1.87 bits per heavy atom. The van der Waals surface area contributed by atoms with E-state index in [4.69, 9.17) is 4.74 Å². The van der Waals surface area contributed by atoms with Crippen LogP contribution in [0, 0.1) is 13.8 Å². The molecule has 0 atom stereocenters. The summed E-state index contributed by atoms with van der Waals surface area (Å²) in [5.41, 5.74) is 3.81. The summed E-state index contributed by atoms with van der Waals surface area (Å²) >= 11 is 0. The number of allylic oxidation sites excluding steroid dienone is 1. The summed E-state index contributed by atoms with van der Waals surface area (Å²) in [6.07, 6.45) is 4.59. The Hall–Kier alpha value is -1.50. The molecule has 1 aromatic rings. The molecule has 0 aliphatic carbocycles. The molecule has 0 aromatic heterocycles. The Morgan fingerprint density at radius 1 is 1.13 bits per heavy atom. The van der Waals surface area contributed by atoms with E-state index < -0.39 is 0 Å². The highest BCUT2D eigenvalue weighted by molar-refractivity contribution is 5.44. The van der Waals surface area contributed by atoms with Gasteiger partial charge in [-0.15, -0.1) is 6.58 Å². The molecule has 0 spiro atoms. The van der Waals surface area contributed by atoms with Crippen LogP contribution in [0.15, 0.2) is 37.4 Å². The average Bonchev–Trinajstić information content (AvgIpc) is 2.24. The van der Waals surface area contributed by atoms with Gasteiger partial charge in [0.05, 0.1) is 0 Å². The van der Waals surface area contributed by atoms with E-state index in [1.807, 2.05) is 12.1 Å². The minimum atomic E-state index is 0.557. The van der Waals surface area contributed by atoms with Crippen molar-refractivity contribution in [3.8, 4) is 5.75 Å². The molecule has 80 valence electrons. The van der Waals surface area contributed by atoms with Gasteiger partial charge in [0.2, 0.25) is 0 Å². The van der Waals surface area contributed by atoms with E-state index in [1.165, 1.54) is 16.7 Å². The zero-order valence-corrected chi connectivity index (χ0v) is 9.55. The standard InChI is InChI=1S/C14H18O/c1-5-7-13-8-9-14(15-10-6-2)12(4)11(13)3/h5-6,8-9H,1-2,7,10H2,3-4H3. The molecule has 0 bridgehead atoms. The van der Waals surface area contributed by atoms with E-state index in [9.17, 15) is 0 Å². The largest absolute Gasteiger partial charge is 0.489 e. The van der Waals surface area contributed by atoms with Crippen molar-refractivity contribution < 1.29 is 4.74 Å². The van der Waals surface area contributed by atoms with Gasteiger partial charge in [-0.2, -0.15) is 0 Å². The molecule has 0 radical (unpaired) electrons. The van der Waals surface area contributed by atoms with Gasteiger partial charge in [0.1, 0.15) is 12.4 Å². The van der Waals surface area contributed by atoms with Gasteiger partial charge in [0, 0.05) is 0 Å². The number of benzene rings is 1. The van der Waals surface area contributed by atoms with Gasteiger partial charge in [-0.1, -0.05) is 24.8 Å². The van der Waals surface area contributed by atoms with Crippen LogP contribution in [0.25, 0.3) is 0 Å². The first-order valence-corrected chi connectivity index (χ1v) is 5.14. The Kier molecular flexibility index (Phi) is 4.17. The molecule has 1 aromatic carbocycles. The Morgan fingerprint density at radius 3 is 2.47 bits per heavy atom. The Balaban J connectivity index is 2.97. The van der Waals surface area contributed by atoms with Crippen molar-refractivity contribution >= 4 is 0 Å². The monoisotopic (exact) mass is 202 g/mol. The lowest BCUT2D eigenvalue weighted by atomic mass is 10.0. The normalized spacial score (nSPS) is 9.73. The van der Waals surface area contributed by atoms with Crippen LogP contribution in [0.2, 0.25) is 0 Å². The molecule has 1 nitrogen and oxygen atoms in total. The molecule has 0 aliphatic rings. The van der Waals surface area contributed by atoms with Crippen molar-refractivity contribution in [3.05, 3.63) is 54.1 Å². The van der Waals surface area contributed by atoms with Gasteiger partial charge >= 0.3 is 0 Å². The highest BCUT2D eigenvalue weighted by Crippen LogP contribution is 2.24. The third kappa shape index (κ3) is 2.72. The molecule has 0 N–H and O–H groups in total. The second-order valence-corrected chi connectivity index (χ2v) is 3.57. The van der Waals surface area contributed by atoms with Gasteiger partial charge in [-0.05, 0) is 43.0 Å². The SMILES string of the molecule is C=CCOc1ccc(CC=C)c(C)c1C. The van der Waals surface area contributed by atoms with E-state index in [0.29, 0.717) is 6.61 Å². The minimum absolute atomic E-state index is 0.557. The molecule has 15 heavy (non-hydrogen) atoms. The molecular weight excluding hydrogens is 184 g/mol. The zero-order chi connectivity index (χ0) is 11.3. The van der Waals surface area contributed by atoms with Crippen LogP contribution in [-0.4, -0.2) is 6.61 Å². The van der Waals surface area contributed by atoms with Crippen molar-refractivity contribution in [2.75, 3.05) is 6.61 Å². The minimum Gasteiger partial charge on any atom is -0.489 e. The van der Waals surface area contributed by atoms with Crippen molar-refractivity contribution in [1.82, 2.24) is 0 Å². The number of hydrogen-bond donors (Lipinski definition) is 0. The lowest BCUT2D eigenvalue weighted by molar-refractivity contribution is 0.360. The molecule has 1 heteroatoms. The predicted molar refractivity (Wildman–Crippen MR) is 65.5 cm³/mol. The second-order valence-electron chi connectivity index (χ2n) is 3.57. The third-order valence-electron chi connectivity index (χ3n) is 2.57. The van der Waals surface area contributed by atoms with Crippen molar-refractivity contribution in [2.45, 2.75) is 20.3 Å². The van der Waals surface area contributed by atoms with Gasteiger partial charge in [0.15, 0.2) is 0 Å². The summed E-state index contributed by atoms with van der Waals surface area (Å²) in [6, 6.07) is 4.12. The molecule has 0 amide bonds. The van der Waals surface area contributed by atoms with Crippen molar-refractivity contribution in [2.24, 2.45) is 0 Å². The fourth-order valence-electron chi connectivity index (χ4n) is 1.53. The van der Waals surface area contributed by atoms with Gasteiger partial charge < -0.3 is 4.74 Å². The molecule has 1 rings (SSSR count). The molecule has 0 saturated carbocycles. The maximum Gasteiger partial charge on any atom is 0.122 e. The maximum atomic E-state index is 5.56. The average molecular weight is 202 g/mol. The first-order valence-electron chi connectivity index (χ1n) is 5.14. The lowest BCUT2D eigenvalue weighted by Crippen LogP contribution is -1.98. The van der Waals surface area contributed by atoms with Crippen LogP contribution in [-0.2, 0) is 6.42 Å². The number of rotatable bonds is 5. The van der Waals surface area contributed by atoms with Gasteiger partial charge in [0.25, 0.3) is 0 Å². The summed E-state index contributed by atoms with van der Waals surface area (Å²) < 4.78 is 5.56. The summed E-state index contributed by atoms with van der Waals surface area (Å²) in [6.45, 7) is 12.2. The molecule has 0 heterocycles. The fourth-order valence-corrected chi connectivity index (χ4v) is 1.53. The van der Waals surface area contributed by atoms with Crippen LogP contribution >= 0.6 is 0 Å². The Bertz CT molecular complexity index is 364. The second kappa shape index (κ2) is 5.40. The fraction of sp³-hybridized carbons (Fsp3) is 0.286. The number of ether oxygens (including phenoxy) is 1. The zero-order valence-electron chi connectivity index (χ0n) is 9.55. The lowest BCUT2D eigenvalue weighted by Gasteiger charge is -2.12. The van der Waals surface area contributed by atoms with Crippen LogP contribution < -0.4 is 4.74 Å². The predicted octanol–water partition coefficient (Wildman–Crippen LogP) is 3.60. The van der Waals surface area contributed by atoms with Crippen LogP contribution in [0.5, 0.6) is 5.75 Å². The van der Waals surface area contributed by atoms with E-state index in [1.54, 1.807) is 6.08 Å². The van der Waals surface area contributed by atoms with Gasteiger partial charge in [-0.3, -0.25) is 0 Å². The highest BCUT2D eigenvalue weighted by Gasteiger charge is 2.05. The molecule has 0 saturated heterocycles. The summed E-state index contributed by atoms with van der Waals surface area (Å²) in [7, 11) is 0. The summed E-state index contributed by atoms with van der Waals surface area (Å²) in [4.78, 5) is 0. The van der Waals surface area contributed by atoms with Crippen LogP contribution in [0.1, 0.15) is 16.7 Å². The summed E-state index contributed by atoms with van der Waals surface area (Å²) in [5, 5.41) is 0. The molecule has 0 aliphatic heterocycles. The van der Waals surface area contributed by atoms with Crippen LogP contribution in [0.3, 0.4) is 0 Å². The highest BCUT2D eigenvalue weighted by atomic mass is 16.5. The first-order chi connectivity index (χ1) is 7.20. The quantitative estimate of drug-likeness (QED) is 0.663. The van der Waals surface area contributed by atoms with Crippen molar-refractivity contribution in [1.29, 1.82) is 0 Å². The molecular formula is C14H18O. The van der Waals surface area contributed by atoms with Crippen LogP contribution in [0.4, 0.5) is 0 Å². The Labute approximate surface area is 92.1 Å². The summed E-state index contributed by atoms with van der Waals surface area (Å²) in [5.74, 6) is 0.945. The van der Waals surface area contributed by atoms with Gasteiger partial charge in [-0.25, -0.2) is 0 Å². The number of hydrogen-bond acceptors (Lipinski definition) is 1. The smallest absolute Gasteiger partial charge is 0.122 e. The first kappa shape index (κ1) is 11.6. The molecule has 0 unspecified atom stereocenters. The van der Waals surface area contributed by atoms with Crippen molar-refractivity contribution in [3.63, 3.8) is 0 Å². The molecule has 0 fully saturated rings. The maximum absolute atomic E-state index is 5.56. The van der Waals surface area contributed by atoms with E-state index >= 15 is 0 Å². The topological polar surface area (TPSA) is 9.23 Å².